The predicted octanol–water partition coefficient (Wildman–Crippen LogP) is 0.671. The minimum absolute atomic E-state index is 0.960. The molecule has 2 N–H and O–H groups in total. The Bertz CT molecular complexity index is 142. The zero-order chi connectivity index (χ0) is 10.3. The Balaban J connectivity index is 1.53. The molecule has 0 radical (unpaired) electrons. The van der Waals surface area contributed by atoms with Gasteiger partial charge in [0, 0.05) is 26.2 Å². The molecule has 2 rings (SSSR count). The van der Waals surface area contributed by atoms with Crippen molar-refractivity contribution < 1.29 is 0 Å². The molecule has 15 heavy (non-hydrogen) atoms. The fourth-order valence-corrected chi connectivity index (χ4v) is 2.71. The van der Waals surface area contributed by atoms with Crippen LogP contribution >= 0.6 is 0 Å². The number of piperidine rings is 1. The average Bonchev–Trinajstić information content (AvgIpc) is 2.32. The highest BCUT2D eigenvalue weighted by Crippen LogP contribution is 2.16. The van der Waals surface area contributed by atoms with Crippen LogP contribution in [0.5, 0.6) is 0 Å². The molecule has 2 aliphatic heterocycles. The van der Waals surface area contributed by atoms with Crippen molar-refractivity contribution in [3.05, 3.63) is 0 Å². The summed E-state index contributed by atoms with van der Waals surface area (Å²) in [6, 6.07) is 0. The van der Waals surface area contributed by atoms with Gasteiger partial charge in [-0.25, -0.2) is 0 Å². The summed E-state index contributed by atoms with van der Waals surface area (Å²) in [6.45, 7) is 8.70. The smallest absolute Gasteiger partial charge is 0.0107 e. The summed E-state index contributed by atoms with van der Waals surface area (Å²) < 4.78 is 0. The molecule has 2 saturated heterocycles. The Morgan fingerprint density at radius 1 is 1.07 bits per heavy atom. The Hall–Kier alpha value is -0.120. The molecule has 0 aromatic carbocycles. The van der Waals surface area contributed by atoms with E-state index in [1.165, 1.54) is 71.5 Å². The van der Waals surface area contributed by atoms with Gasteiger partial charge in [0.2, 0.25) is 0 Å². The average molecular weight is 211 g/mol. The van der Waals surface area contributed by atoms with Gasteiger partial charge in [0.05, 0.1) is 0 Å². The van der Waals surface area contributed by atoms with Crippen LogP contribution in [0.4, 0.5) is 0 Å². The van der Waals surface area contributed by atoms with Crippen molar-refractivity contribution in [1.82, 2.24) is 15.5 Å². The van der Waals surface area contributed by atoms with Crippen LogP contribution < -0.4 is 10.6 Å². The van der Waals surface area contributed by atoms with E-state index in [0.29, 0.717) is 0 Å². The van der Waals surface area contributed by atoms with Crippen LogP contribution in [-0.2, 0) is 0 Å². The third kappa shape index (κ3) is 4.09. The molecule has 0 spiro atoms. The molecule has 1 unspecified atom stereocenters. The second-order valence-corrected chi connectivity index (χ2v) is 4.95. The molecule has 0 aromatic heterocycles. The Morgan fingerprint density at radius 2 is 1.93 bits per heavy atom. The summed E-state index contributed by atoms with van der Waals surface area (Å²) in [5, 5.41) is 6.90. The minimum atomic E-state index is 0.960. The zero-order valence-electron chi connectivity index (χ0n) is 9.80. The Kier molecular flexibility index (Phi) is 4.90. The first-order valence-electron chi connectivity index (χ1n) is 6.59. The predicted molar refractivity (Wildman–Crippen MR) is 64.1 cm³/mol. The van der Waals surface area contributed by atoms with E-state index in [1.54, 1.807) is 0 Å². The Labute approximate surface area is 93.6 Å². The van der Waals surface area contributed by atoms with Crippen LogP contribution in [0.3, 0.4) is 0 Å². The first-order chi connectivity index (χ1) is 7.45. The maximum Gasteiger partial charge on any atom is 0.0107 e. The molecule has 0 bridgehead atoms. The van der Waals surface area contributed by atoms with Crippen LogP contribution in [-0.4, -0.2) is 50.7 Å². The summed E-state index contributed by atoms with van der Waals surface area (Å²) in [7, 11) is 0. The van der Waals surface area contributed by atoms with Crippen molar-refractivity contribution in [3.63, 3.8) is 0 Å². The maximum absolute atomic E-state index is 3.50. The Morgan fingerprint density at radius 3 is 2.67 bits per heavy atom. The highest BCUT2D eigenvalue weighted by atomic mass is 15.2. The molecule has 0 aliphatic carbocycles. The van der Waals surface area contributed by atoms with Gasteiger partial charge >= 0.3 is 0 Å². The largest absolute Gasteiger partial charge is 0.316 e. The van der Waals surface area contributed by atoms with E-state index in [4.69, 9.17) is 0 Å². The van der Waals surface area contributed by atoms with Gasteiger partial charge in [0.15, 0.2) is 0 Å². The normalized spacial score (nSPS) is 29.2. The second kappa shape index (κ2) is 6.46. The van der Waals surface area contributed by atoms with E-state index in [1.807, 2.05) is 0 Å². The van der Waals surface area contributed by atoms with Crippen molar-refractivity contribution >= 4 is 0 Å². The molecule has 0 saturated carbocycles. The first-order valence-corrected chi connectivity index (χ1v) is 6.59. The summed E-state index contributed by atoms with van der Waals surface area (Å²) in [5.74, 6) is 0.960. The number of nitrogens with zero attached hydrogens (tertiary/aromatic N) is 1. The molecule has 0 amide bonds. The number of piperazine rings is 1. The summed E-state index contributed by atoms with van der Waals surface area (Å²) in [6.07, 6.45) is 5.66. The lowest BCUT2D eigenvalue weighted by Gasteiger charge is -2.28. The molecule has 2 fully saturated rings. The van der Waals surface area contributed by atoms with Gasteiger partial charge in [0.1, 0.15) is 0 Å². The van der Waals surface area contributed by atoms with Gasteiger partial charge in [-0.2, -0.15) is 0 Å². The van der Waals surface area contributed by atoms with Crippen molar-refractivity contribution in [3.8, 4) is 0 Å². The number of hydrogen-bond donors (Lipinski definition) is 2. The van der Waals surface area contributed by atoms with Gasteiger partial charge in [-0.15, -0.1) is 0 Å². The fourth-order valence-electron chi connectivity index (χ4n) is 2.71. The van der Waals surface area contributed by atoms with Crippen LogP contribution in [0.15, 0.2) is 0 Å². The highest BCUT2D eigenvalue weighted by molar-refractivity contribution is 4.71. The van der Waals surface area contributed by atoms with E-state index in [2.05, 4.69) is 15.5 Å². The van der Waals surface area contributed by atoms with E-state index in [0.717, 1.165) is 5.92 Å². The van der Waals surface area contributed by atoms with Gasteiger partial charge in [-0.3, -0.25) is 0 Å². The first kappa shape index (κ1) is 11.4. The lowest BCUT2D eigenvalue weighted by atomic mass is 9.94. The monoisotopic (exact) mass is 211 g/mol. The molecule has 0 aromatic rings. The number of hydrogen-bond acceptors (Lipinski definition) is 3. The van der Waals surface area contributed by atoms with Crippen molar-refractivity contribution in [2.24, 2.45) is 5.92 Å². The lowest BCUT2D eigenvalue weighted by molar-refractivity contribution is 0.226. The van der Waals surface area contributed by atoms with Gasteiger partial charge in [-0.05, 0) is 51.2 Å². The van der Waals surface area contributed by atoms with E-state index in [-0.39, 0.29) is 0 Å². The van der Waals surface area contributed by atoms with Crippen LogP contribution in [0.25, 0.3) is 0 Å². The van der Waals surface area contributed by atoms with Crippen molar-refractivity contribution in [2.75, 3.05) is 45.8 Å². The van der Waals surface area contributed by atoms with E-state index < -0.39 is 0 Å². The van der Waals surface area contributed by atoms with Crippen molar-refractivity contribution in [2.45, 2.75) is 25.7 Å². The van der Waals surface area contributed by atoms with Crippen molar-refractivity contribution in [1.29, 1.82) is 0 Å². The summed E-state index contributed by atoms with van der Waals surface area (Å²) >= 11 is 0. The lowest BCUT2D eigenvalue weighted by Crippen LogP contribution is -2.43. The van der Waals surface area contributed by atoms with Gasteiger partial charge in [-0.1, -0.05) is 0 Å². The fraction of sp³-hybridized carbons (Fsp3) is 1.00. The van der Waals surface area contributed by atoms with Gasteiger partial charge < -0.3 is 15.5 Å². The molecular weight excluding hydrogens is 186 g/mol. The summed E-state index contributed by atoms with van der Waals surface area (Å²) in [4.78, 5) is 2.60. The van der Waals surface area contributed by atoms with Crippen LogP contribution in [0.1, 0.15) is 25.7 Å². The van der Waals surface area contributed by atoms with Gasteiger partial charge in [0.25, 0.3) is 0 Å². The SMILES string of the molecule is C1CNCC(CCCN2CCNCC2)C1. The molecule has 3 heteroatoms. The van der Waals surface area contributed by atoms with E-state index >= 15 is 0 Å². The molecule has 2 aliphatic rings. The molecular formula is C12H25N3. The topological polar surface area (TPSA) is 27.3 Å². The van der Waals surface area contributed by atoms with Crippen LogP contribution in [0, 0.1) is 5.92 Å². The molecule has 1 atom stereocenters. The molecule has 2 heterocycles. The molecule has 3 nitrogen and oxygen atoms in total. The maximum atomic E-state index is 3.50. The standard InChI is InChI=1S/C12H25N3/c1-3-12(11-14-5-1)4-2-8-15-9-6-13-7-10-15/h12-14H,1-11H2. The van der Waals surface area contributed by atoms with E-state index in [9.17, 15) is 0 Å². The summed E-state index contributed by atoms with van der Waals surface area (Å²) in [5.41, 5.74) is 0. The highest BCUT2D eigenvalue weighted by Gasteiger charge is 2.14. The minimum Gasteiger partial charge on any atom is -0.316 e. The zero-order valence-corrected chi connectivity index (χ0v) is 9.80. The quantitative estimate of drug-likeness (QED) is 0.716. The third-order valence-corrected chi connectivity index (χ3v) is 3.70. The third-order valence-electron chi connectivity index (χ3n) is 3.70. The number of rotatable bonds is 4. The second-order valence-electron chi connectivity index (χ2n) is 4.95. The van der Waals surface area contributed by atoms with Crippen LogP contribution in [0.2, 0.25) is 0 Å². The number of nitrogens with one attached hydrogen (secondary N) is 2. The molecule has 88 valence electrons.